The first-order valence-corrected chi connectivity index (χ1v) is 12.3. The molecule has 4 nitrogen and oxygen atoms in total. The van der Waals surface area contributed by atoms with E-state index in [0.29, 0.717) is 5.92 Å². The Bertz CT molecular complexity index is 1140. The van der Waals surface area contributed by atoms with Gasteiger partial charge in [-0.05, 0) is 72.6 Å². The van der Waals surface area contributed by atoms with Crippen LogP contribution in [0.1, 0.15) is 87.1 Å². The van der Waals surface area contributed by atoms with Crippen molar-refractivity contribution in [2.24, 2.45) is 16.5 Å². The van der Waals surface area contributed by atoms with Crippen molar-refractivity contribution >= 4 is 11.7 Å². The molecule has 2 aromatic rings. The van der Waals surface area contributed by atoms with Gasteiger partial charge in [-0.25, -0.2) is 0 Å². The lowest BCUT2D eigenvalue weighted by Gasteiger charge is -2.53. The first-order chi connectivity index (χ1) is 16.2. The van der Waals surface area contributed by atoms with Crippen LogP contribution in [0.25, 0.3) is 0 Å². The molecule has 2 aromatic carbocycles. The number of oxime groups is 1. The third-order valence-corrected chi connectivity index (χ3v) is 8.24. The molecule has 0 saturated heterocycles. The highest BCUT2D eigenvalue weighted by Crippen LogP contribution is 2.57. The topological polar surface area (TPSA) is 58.9 Å². The fraction of sp³-hybridized carbons (Fsp3) is 0.467. The van der Waals surface area contributed by atoms with Gasteiger partial charge < -0.3 is 9.94 Å². The van der Waals surface area contributed by atoms with Crippen molar-refractivity contribution in [2.45, 2.75) is 71.1 Å². The molecule has 0 amide bonds. The summed E-state index contributed by atoms with van der Waals surface area (Å²) in [6.07, 6.45) is 9.89. The lowest BCUT2D eigenvalue weighted by molar-refractivity contribution is -0.157. The van der Waals surface area contributed by atoms with Crippen LogP contribution in [0.2, 0.25) is 0 Å². The van der Waals surface area contributed by atoms with Crippen molar-refractivity contribution in [1.82, 2.24) is 0 Å². The number of fused-ring (bicyclic) bond motifs is 3. The average molecular weight is 458 g/mol. The van der Waals surface area contributed by atoms with Gasteiger partial charge >= 0.3 is 5.97 Å². The van der Waals surface area contributed by atoms with Gasteiger partial charge in [0.25, 0.3) is 0 Å². The fourth-order valence-corrected chi connectivity index (χ4v) is 6.46. The van der Waals surface area contributed by atoms with Gasteiger partial charge in [-0.2, -0.15) is 0 Å². The van der Waals surface area contributed by atoms with E-state index < -0.39 is 11.4 Å². The van der Waals surface area contributed by atoms with Crippen LogP contribution in [-0.4, -0.2) is 23.4 Å². The molecule has 178 valence electrons. The molecule has 1 unspecified atom stereocenters. The maximum atomic E-state index is 12.4. The molecule has 1 fully saturated rings. The molecule has 4 heteroatoms. The highest BCUT2D eigenvalue weighted by atomic mass is 16.6. The Hall–Kier alpha value is -3.06. The molecule has 4 rings (SSSR count). The van der Waals surface area contributed by atoms with Crippen molar-refractivity contribution in [3.05, 3.63) is 70.3 Å². The highest BCUT2D eigenvalue weighted by Gasteiger charge is 2.55. The molecule has 1 saturated carbocycles. The van der Waals surface area contributed by atoms with E-state index in [1.165, 1.54) is 16.7 Å². The molecular formula is C30H35NO3. The van der Waals surface area contributed by atoms with Crippen molar-refractivity contribution < 1.29 is 14.7 Å². The van der Waals surface area contributed by atoms with E-state index in [9.17, 15) is 9.90 Å². The minimum absolute atomic E-state index is 0.103. The molecule has 0 bridgehead atoms. The number of carbonyl (C=O) groups is 1. The van der Waals surface area contributed by atoms with Crippen LogP contribution in [0.5, 0.6) is 0 Å². The summed E-state index contributed by atoms with van der Waals surface area (Å²) in [7, 11) is 0. The van der Waals surface area contributed by atoms with E-state index in [4.69, 9.17) is 11.3 Å². The largest absolute Gasteiger partial charge is 0.481 e. The number of aryl methyl sites for hydroxylation is 1. The SMILES string of the molecule is C#CCO/N=C(\c1ccccc1)c1cc2c(cc1C(C)C)CCC1[C@](C)(C(=O)O)CCC[C@]21C. The lowest BCUT2D eigenvalue weighted by atomic mass is 9.49. The lowest BCUT2D eigenvalue weighted by Crippen LogP contribution is -2.52. The maximum absolute atomic E-state index is 12.4. The summed E-state index contributed by atoms with van der Waals surface area (Å²) in [6, 6.07) is 14.7. The maximum Gasteiger partial charge on any atom is 0.309 e. The second kappa shape index (κ2) is 9.29. The van der Waals surface area contributed by atoms with Crippen molar-refractivity contribution in [2.75, 3.05) is 6.61 Å². The second-order valence-corrected chi connectivity index (χ2v) is 10.6. The second-order valence-electron chi connectivity index (χ2n) is 10.6. The van der Waals surface area contributed by atoms with Gasteiger partial charge in [0.1, 0.15) is 5.71 Å². The molecule has 0 aromatic heterocycles. The van der Waals surface area contributed by atoms with Crippen LogP contribution in [0.3, 0.4) is 0 Å². The molecule has 34 heavy (non-hydrogen) atoms. The predicted molar refractivity (Wildman–Crippen MR) is 136 cm³/mol. The van der Waals surface area contributed by atoms with E-state index in [1.54, 1.807) is 0 Å². The third-order valence-electron chi connectivity index (χ3n) is 8.24. The Balaban J connectivity index is 1.92. The Kier molecular flexibility index (Phi) is 6.58. The van der Waals surface area contributed by atoms with Gasteiger partial charge in [0.15, 0.2) is 6.61 Å². The normalized spacial score (nSPS) is 26.4. The van der Waals surface area contributed by atoms with E-state index in [-0.39, 0.29) is 17.9 Å². The number of hydrogen-bond acceptors (Lipinski definition) is 3. The van der Waals surface area contributed by atoms with Crippen molar-refractivity contribution in [1.29, 1.82) is 0 Å². The smallest absolute Gasteiger partial charge is 0.309 e. The summed E-state index contributed by atoms with van der Waals surface area (Å²) in [5, 5.41) is 14.7. The summed E-state index contributed by atoms with van der Waals surface area (Å²) in [4.78, 5) is 17.9. The summed E-state index contributed by atoms with van der Waals surface area (Å²) < 4.78 is 0. The van der Waals surface area contributed by atoms with Crippen molar-refractivity contribution in [3.8, 4) is 12.3 Å². The zero-order valence-electron chi connectivity index (χ0n) is 20.7. The molecule has 1 N–H and O–H groups in total. The summed E-state index contributed by atoms with van der Waals surface area (Å²) in [6.45, 7) is 8.74. The first kappa shape index (κ1) is 24.1. The van der Waals surface area contributed by atoms with Gasteiger partial charge in [0.05, 0.1) is 5.41 Å². The van der Waals surface area contributed by atoms with Crippen LogP contribution in [0.15, 0.2) is 47.6 Å². The number of nitrogens with zero attached hydrogens (tertiary/aromatic N) is 1. The average Bonchev–Trinajstić information content (AvgIpc) is 2.81. The molecule has 2 aliphatic carbocycles. The van der Waals surface area contributed by atoms with Gasteiger partial charge in [0, 0.05) is 11.1 Å². The summed E-state index contributed by atoms with van der Waals surface area (Å²) in [5.74, 6) is 2.22. The minimum Gasteiger partial charge on any atom is -0.481 e. The molecule has 0 heterocycles. The highest BCUT2D eigenvalue weighted by molar-refractivity contribution is 6.13. The molecular weight excluding hydrogens is 422 g/mol. The minimum atomic E-state index is -0.701. The number of hydrogen-bond donors (Lipinski definition) is 1. The Morgan fingerprint density at radius 1 is 1.24 bits per heavy atom. The van der Waals surface area contributed by atoms with Crippen molar-refractivity contribution in [3.63, 3.8) is 0 Å². The summed E-state index contributed by atoms with van der Waals surface area (Å²) >= 11 is 0. The number of terminal acetylenes is 1. The van der Waals surface area contributed by atoms with Gasteiger partial charge in [0.2, 0.25) is 0 Å². The van der Waals surface area contributed by atoms with Crippen LogP contribution < -0.4 is 0 Å². The van der Waals surface area contributed by atoms with Crippen LogP contribution in [-0.2, 0) is 21.5 Å². The quantitative estimate of drug-likeness (QED) is 0.239. The molecule has 3 atom stereocenters. The monoisotopic (exact) mass is 457 g/mol. The van der Waals surface area contributed by atoms with Gasteiger partial charge in [-0.15, -0.1) is 6.42 Å². The van der Waals surface area contributed by atoms with E-state index in [2.05, 4.69) is 44.0 Å². The number of benzene rings is 2. The van der Waals surface area contributed by atoms with Crippen LogP contribution in [0, 0.1) is 23.7 Å². The fourth-order valence-electron chi connectivity index (χ4n) is 6.46. The zero-order valence-corrected chi connectivity index (χ0v) is 20.7. The molecule has 0 spiro atoms. The number of carboxylic acid groups (broad SMARTS) is 1. The Morgan fingerprint density at radius 2 is 1.97 bits per heavy atom. The first-order valence-electron chi connectivity index (χ1n) is 12.3. The van der Waals surface area contributed by atoms with Gasteiger partial charge in [-0.1, -0.05) is 74.7 Å². The zero-order chi connectivity index (χ0) is 24.5. The van der Waals surface area contributed by atoms with E-state index in [1.807, 2.05) is 37.3 Å². The number of carboxylic acids is 1. The number of rotatable bonds is 6. The predicted octanol–water partition coefficient (Wildman–Crippen LogP) is 6.31. The van der Waals surface area contributed by atoms with Crippen LogP contribution in [0.4, 0.5) is 0 Å². The Morgan fingerprint density at radius 3 is 2.62 bits per heavy atom. The third kappa shape index (κ3) is 4.02. The van der Waals surface area contributed by atoms with E-state index in [0.717, 1.165) is 48.9 Å². The molecule has 2 aliphatic rings. The van der Waals surface area contributed by atoms with Crippen LogP contribution >= 0.6 is 0 Å². The summed E-state index contributed by atoms with van der Waals surface area (Å²) in [5.41, 5.74) is 5.74. The molecule has 0 aliphatic heterocycles. The van der Waals surface area contributed by atoms with E-state index >= 15 is 0 Å². The molecule has 0 radical (unpaired) electrons. The number of aliphatic carboxylic acids is 1. The van der Waals surface area contributed by atoms with Gasteiger partial charge in [-0.3, -0.25) is 4.79 Å². The Labute approximate surface area is 203 Å². The standard InChI is InChI=1S/C30H35NO3/c1-6-17-34-31-27(21-11-8-7-9-12-21)24-19-25-22(18-23(24)20(2)3)13-14-26-29(25,4)15-10-16-30(26,5)28(32)33/h1,7-9,11-12,18-20,26H,10,13-17H2,2-5H3,(H,32,33)/b31-27+/t26?,29-,30-/m1/s1.